The molecule has 0 aromatic heterocycles. The molecule has 0 heterocycles. The van der Waals surface area contributed by atoms with Crippen molar-refractivity contribution in [1.82, 2.24) is 0 Å². The Morgan fingerprint density at radius 3 is 2.48 bits per heavy atom. The maximum atomic E-state index is 12.5. The Kier molecular flexibility index (Phi) is 5.22. The zero-order valence-corrected chi connectivity index (χ0v) is 14.9. The zero-order chi connectivity index (χ0) is 18.8. The predicted molar refractivity (Wildman–Crippen MR) is 94.7 cm³/mol. The maximum Gasteiger partial charge on any atom is 0.288 e. The van der Waals surface area contributed by atoms with Crippen molar-refractivity contribution in [3.8, 4) is 0 Å². The number of sulfone groups is 1. The first-order valence-electron chi connectivity index (χ1n) is 7.53. The van der Waals surface area contributed by atoms with Gasteiger partial charge in [0.2, 0.25) is 0 Å². The van der Waals surface area contributed by atoms with Crippen molar-refractivity contribution >= 4 is 27.1 Å². The van der Waals surface area contributed by atoms with Gasteiger partial charge < -0.3 is 5.32 Å². The number of rotatable bonds is 5. The van der Waals surface area contributed by atoms with Crippen LogP contribution in [0.1, 0.15) is 28.4 Å². The highest BCUT2D eigenvalue weighted by Gasteiger charge is 2.24. The first-order chi connectivity index (χ1) is 11.6. The van der Waals surface area contributed by atoms with E-state index in [1.807, 2.05) is 32.0 Å². The number of benzene rings is 2. The van der Waals surface area contributed by atoms with E-state index in [1.54, 1.807) is 0 Å². The number of amides is 1. The van der Waals surface area contributed by atoms with Gasteiger partial charge in [0, 0.05) is 23.6 Å². The molecule has 0 saturated heterocycles. The third-order valence-electron chi connectivity index (χ3n) is 3.80. The Hall–Kier alpha value is -2.74. The molecule has 7 nitrogen and oxygen atoms in total. The van der Waals surface area contributed by atoms with Crippen LogP contribution in [0.4, 0.5) is 11.4 Å². The van der Waals surface area contributed by atoms with Crippen molar-refractivity contribution in [2.24, 2.45) is 0 Å². The Morgan fingerprint density at radius 2 is 1.92 bits per heavy atom. The summed E-state index contributed by atoms with van der Waals surface area (Å²) in [6.07, 6.45) is 1.60. The predicted octanol–water partition coefficient (Wildman–Crippen LogP) is 3.12. The molecule has 0 radical (unpaired) electrons. The molecule has 0 saturated carbocycles. The second-order valence-electron chi connectivity index (χ2n) is 5.63. The fourth-order valence-electron chi connectivity index (χ4n) is 2.50. The highest BCUT2D eigenvalue weighted by atomic mass is 32.2. The van der Waals surface area contributed by atoms with Gasteiger partial charge in [0.05, 0.1) is 4.92 Å². The molecule has 2 aromatic carbocycles. The number of para-hydroxylation sites is 1. The third kappa shape index (κ3) is 4.03. The van der Waals surface area contributed by atoms with E-state index in [1.165, 1.54) is 6.07 Å². The fraction of sp³-hybridized carbons (Fsp3) is 0.235. The fourth-order valence-corrected chi connectivity index (χ4v) is 3.33. The molecule has 0 spiro atoms. The lowest BCUT2D eigenvalue weighted by molar-refractivity contribution is -0.387. The average Bonchev–Trinajstić information content (AvgIpc) is 2.55. The largest absolute Gasteiger partial charge is 0.321 e. The van der Waals surface area contributed by atoms with E-state index in [2.05, 4.69) is 5.32 Å². The van der Waals surface area contributed by atoms with Crippen LogP contribution in [0.3, 0.4) is 0 Å². The minimum absolute atomic E-state index is 0.0180. The number of nitro groups is 1. The van der Waals surface area contributed by atoms with Gasteiger partial charge >= 0.3 is 0 Å². The van der Waals surface area contributed by atoms with E-state index in [-0.39, 0.29) is 5.56 Å². The number of aryl methyl sites for hydroxylation is 2. The van der Waals surface area contributed by atoms with Gasteiger partial charge in [-0.15, -0.1) is 0 Å². The molecule has 0 atom stereocenters. The molecule has 132 valence electrons. The number of nitrogens with one attached hydrogen (secondary N) is 1. The van der Waals surface area contributed by atoms with Crippen molar-refractivity contribution in [2.75, 3.05) is 11.6 Å². The first-order valence-corrected chi connectivity index (χ1v) is 9.42. The summed E-state index contributed by atoms with van der Waals surface area (Å²) in [6.45, 7) is 3.81. The van der Waals surface area contributed by atoms with Crippen LogP contribution < -0.4 is 5.32 Å². The van der Waals surface area contributed by atoms with Gasteiger partial charge in [-0.1, -0.05) is 25.1 Å². The van der Waals surface area contributed by atoms with E-state index in [0.29, 0.717) is 12.1 Å². The second kappa shape index (κ2) is 7.02. The van der Waals surface area contributed by atoms with E-state index in [4.69, 9.17) is 0 Å². The molecule has 25 heavy (non-hydrogen) atoms. The Bertz CT molecular complexity index is 952. The van der Waals surface area contributed by atoms with Crippen LogP contribution in [0.25, 0.3) is 0 Å². The molecule has 0 aliphatic heterocycles. The van der Waals surface area contributed by atoms with E-state index >= 15 is 0 Å². The standard InChI is InChI=1S/C17H18N2O5S/c1-4-12-7-5-6-11(2)16(12)18-17(20)13-8-9-15(25(3,23)24)14(10-13)19(21)22/h5-10H,4H2,1-3H3,(H,18,20). The number of hydrogen-bond donors (Lipinski definition) is 1. The summed E-state index contributed by atoms with van der Waals surface area (Å²) in [5.74, 6) is -0.535. The van der Waals surface area contributed by atoms with E-state index in [0.717, 1.165) is 29.5 Å². The van der Waals surface area contributed by atoms with Crippen LogP contribution in [0.15, 0.2) is 41.3 Å². The van der Waals surface area contributed by atoms with E-state index in [9.17, 15) is 23.3 Å². The first kappa shape index (κ1) is 18.6. The van der Waals surface area contributed by atoms with Crippen LogP contribution in [0.2, 0.25) is 0 Å². The monoisotopic (exact) mass is 362 g/mol. The zero-order valence-electron chi connectivity index (χ0n) is 14.1. The third-order valence-corrected chi connectivity index (χ3v) is 4.94. The van der Waals surface area contributed by atoms with Crippen LogP contribution in [0, 0.1) is 17.0 Å². The Labute approximate surface area is 145 Å². The lowest BCUT2D eigenvalue weighted by atomic mass is 10.1. The molecule has 0 unspecified atom stereocenters. The molecule has 0 fully saturated rings. The van der Waals surface area contributed by atoms with Crippen molar-refractivity contribution in [3.63, 3.8) is 0 Å². The van der Waals surface area contributed by atoms with Crippen LogP contribution in [-0.2, 0) is 16.3 Å². The molecule has 1 amide bonds. The molecule has 0 aliphatic carbocycles. The summed E-state index contributed by atoms with van der Waals surface area (Å²) in [4.78, 5) is 22.4. The maximum absolute atomic E-state index is 12.5. The normalized spacial score (nSPS) is 11.2. The van der Waals surface area contributed by atoms with Crippen molar-refractivity contribution in [3.05, 3.63) is 63.2 Å². The Balaban J connectivity index is 2.45. The molecule has 2 aromatic rings. The topological polar surface area (TPSA) is 106 Å². The van der Waals surface area contributed by atoms with Crippen LogP contribution in [-0.4, -0.2) is 25.5 Å². The van der Waals surface area contributed by atoms with Crippen molar-refractivity contribution in [2.45, 2.75) is 25.2 Å². The van der Waals surface area contributed by atoms with Crippen molar-refractivity contribution < 1.29 is 18.1 Å². The van der Waals surface area contributed by atoms with Gasteiger partial charge in [0.25, 0.3) is 11.6 Å². The van der Waals surface area contributed by atoms with Gasteiger partial charge in [0.1, 0.15) is 4.90 Å². The van der Waals surface area contributed by atoms with Gasteiger partial charge in [-0.05, 0) is 36.6 Å². The molecular weight excluding hydrogens is 344 g/mol. The summed E-state index contributed by atoms with van der Waals surface area (Å²) in [5, 5.41) is 13.9. The molecule has 1 N–H and O–H groups in total. The van der Waals surface area contributed by atoms with E-state index < -0.39 is 31.3 Å². The molecular formula is C17H18N2O5S. The lowest BCUT2D eigenvalue weighted by Gasteiger charge is -2.13. The SMILES string of the molecule is CCc1cccc(C)c1NC(=O)c1ccc(S(C)(=O)=O)c([N+](=O)[O-])c1. The van der Waals surface area contributed by atoms with Gasteiger partial charge in [-0.25, -0.2) is 8.42 Å². The smallest absolute Gasteiger partial charge is 0.288 e. The summed E-state index contributed by atoms with van der Waals surface area (Å²) >= 11 is 0. The van der Waals surface area contributed by atoms with Crippen molar-refractivity contribution in [1.29, 1.82) is 0 Å². The van der Waals surface area contributed by atoms with Crippen LogP contribution in [0.5, 0.6) is 0 Å². The molecule has 8 heteroatoms. The number of anilines is 1. The summed E-state index contributed by atoms with van der Waals surface area (Å²) in [6, 6.07) is 8.95. The number of carbonyl (C=O) groups excluding carboxylic acids is 1. The molecule has 0 bridgehead atoms. The summed E-state index contributed by atoms with van der Waals surface area (Å²) < 4.78 is 23.3. The minimum Gasteiger partial charge on any atom is -0.321 e. The average molecular weight is 362 g/mol. The molecule has 2 rings (SSSR count). The highest BCUT2D eigenvalue weighted by molar-refractivity contribution is 7.90. The number of nitro benzene ring substituents is 1. The van der Waals surface area contributed by atoms with Gasteiger partial charge in [-0.3, -0.25) is 14.9 Å². The number of carbonyl (C=O) groups is 1. The molecule has 0 aliphatic rings. The lowest BCUT2D eigenvalue weighted by Crippen LogP contribution is -2.15. The minimum atomic E-state index is -3.77. The highest BCUT2D eigenvalue weighted by Crippen LogP contribution is 2.26. The van der Waals surface area contributed by atoms with Gasteiger partial charge in [-0.2, -0.15) is 0 Å². The Morgan fingerprint density at radius 1 is 1.24 bits per heavy atom. The summed E-state index contributed by atoms with van der Waals surface area (Å²) in [7, 11) is -3.77. The quantitative estimate of drug-likeness (QED) is 0.650. The van der Waals surface area contributed by atoms with Gasteiger partial charge in [0.15, 0.2) is 9.84 Å². The van der Waals surface area contributed by atoms with Crippen LogP contribution >= 0.6 is 0 Å². The summed E-state index contributed by atoms with van der Waals surface area (Å²) in [5.41, 5.74) is 1.87. The number of hydrogen-bond acceptors (Lipinski definition) is 5. The second-order valence-corrected chi connectivity index (χ2v) is 7.61. The number of nitrogens with zero attached hydrogens (tertiary/aromatic N) is 1.